The zero-order valence-electron chi connectivity index (χ0n) is 17.9. The SMILES string of the molecule is O=C(c1cccnc1-c1cc(O)c(O)c([N+](=O)[O-])c1)c1cccnc1-c1cc(O)c(O)c([N+](=O)[O-])c1. The molecule has 0 saturated heterocycles. The van der Waals surface area contributed by atoms with Crippen LogP contribution in [0.3, 0.4) is 0 Å². The zero-order valence-corrected chi connectivity index (χ0v) is 17.9. The van der Waals surface area contributed by atoms with E-state index in [4.69, 9.17) is 0 Å². The third-order valence-electron chi connectivity index (χ3n) is 5.18. The second-order valence-electron chi connectivity index (χ2n) is 7.37. The van der Waals surface area contributed by atoms with Gasteiger partial charge in [0, 0.05) is 46.8 Å². The molecule has 2 aromatic heterocycles. The molecule has 0 aliphatic rings. The average Bonchev–Trinajstić information content (AvgIpc) is 2.86. The van der Waals surface area contributed by atoms with Crippen molar-refractivity contribution in [3.63, 3.8) is 0 Å². The van der Waals surface area contributed by atoms with Crippen molar-refractivity contribution in [3.8, 4) is 45.5 Å². The summed E-state index contributed by atoms with van der Waals surface area (Å²) < 4.78 is 0. The molecule has 0 saturated carbocycles. The molecule has 0 unspecified atom stereocenters. The van der Waals surface area contributed by atoms with Crippen LogP contribution in [0.5, 0.6) is 23.0 Å². The molecule has 0 aliphatic carbocycles. The Morgan fingerprint density at radius 2 is 1.08 bits per heavy atom. The lowest BCUT2D eigenvalue weighted by molar-refractivity contribution is -0.386. The van der Waals surface area contributed by atoms with Gasteiger partial charge in [0.1, 0.15) is 0 Å². The molecule has 0 amide bonds. The molecule has 180 valence electrons. The Balaban J connectivity index is 1.89. The predicted molar refractivity (Wildman–Crippen MR) is 123 cm³/mol. The van der Waals surface area contributed by atoms with Gasteiger partial charge in [-0.1, -0.05) is 0 Å². The van der Waals surface area contributed by atoms with Crippen molar-refractivity contribution in [2.75, 3.05) is 0 Å². The van der Waals surface area contributed by atoms with Crippen molar-refractivity contribution in [2.24, 2.45) is 0 Å². The van der Waals surface area contributed by atoms with Gasteiger partial charge < -0.3 is 20.4 Å². The lowest BCUT2D eigenvalue weighted by Crippen LogP contribution is -2.08. The monoisotopic (exact) mass is 490 g/mol. The van der Waals surface area contributed by atoms with E-state index < -0.39 is 50.0 Å². The number of hydrogen-bond acceptors (Lipinski definition) is 11. The van der Waals surface area contributed by atoms with Crippen molar-refractivity contribution < 1.29 is 35.1 Å². The van der Waals surface area contributed by atoms with Gasteiger partial charge in [0.15, 0.2) is 17.3 Å². The molecule has 2 aromatic carbocycles. The first-order valence-electron chi connectivity index (χ1n) is 9.96. The highest BCUT2D eigenvalue weighted by Crippen LogP contribution is 2.41. The molecule has 13 heteroatoms. The first kappa shape index (κ1) is 23.6. The summed E-state index contributed by atoms with van der Waals surface area (Å²) in [7, 11) is 0. The first-order chi connectivity index (χ1) is 17.1. The second kappa shape index (κ2) is 8.98. The number of nitro benzene ring substituents is 2. The number of benzene rings is 2. The van der Waals surface area contributed by atoms with Gasteiger partial charge in [-0.05, 0) is 36.4 Å². The Bertz CT molecular complexity index is 1450. The van der Waals surface area contributed by atoms with Crippen LogP contribution in [0.1, 0.15) is 15.9 Å². The van der Waals surface area contributed by atoms with Gasteiger partial charge in [-0.2, -0.15) is 0 Å². The predicted octanol–water partition coefficient (Wildman–Crippen LogP) is 3.68. The molecule has 0 bridgehead atoms. The molecule has 0 radical (unpaired) electrons. The van der Waals surface area contributed by atoms with Crippen molar-refractivity contribution in [1.82, 2.24) is 9.97 Å². The van der Waals surface area contributed by atoms with Crippen molar-refractivity contribution >= 4 is 17.2 Å². The fourth-order valence-electron chi connectivity index (χ4n) is 3.54. The van der Waals surface area contributed by atoms with Crippen LogP contribution in [0.2, 0.25) is 0 Å². The standard InChI is InChI=1S/C23H14N4O9/c28-17-9-11(7-15(22(17)31)26(33)34)19-13(3-1-5-24-19)21(30)14-4-2-6-25-20(14)12-8-16(27(35)36)23(32)18(29)10-12/h1-10,28-29,31-32H. The van der Waals surface area contributed by atoms with E-state index in [1.807, 2.05) is 0 Å². The third kappa shape index (κ3) is 4.07. The summed E-state index contributed by atoms with van der Waals surface area (Å²) >= 11 is 0. The fraction of sp³-hybridized carbons (Fsp3) is 0. The maximum absolute atomic E-state index is 13.6. The summed E-state index contributed by atoms with van der Waals surface area (Å²) in [5.74, 6) is -4.17. The molecular formula is C23H14N4O9. The Morgan fingerprint density at radius 1 is 0.694 bits per heavy atom. The van der Waals surface area contributed by atoms with Crippen LogP contribution in [0.25, 0.3) is 22.5 Å². The summed E-state index contributed by atoms with van der Waals surface area (Å²) in [6, 6.07) is 9.50. The minimum Gasteiger partial charge on any atom is -0.504 e. The zero-order chi connectivity index (χ0) is 26.1. The molecule has 4 N–H and O–H groups in total. The van der Waals surface area contributed by atoms with Crippen LogP contribution < -0.4 is 0 Å². The van der Waals surface area contributed by atoms with Gasteiger partial charge in [-0.15, -0.1) is 0 Å². The van der Waals surface area contributed by atoms with Crippen molar-refractivity contribution in [2.45, 2.75) is 0 Å². The van der Waals surface area contributed by atoms with Crippen LogP contribution in [0.4, 0.5) is 11.4 Å². The van der Waals surface area contributed by atoms with Gasteiger partial charge in [-0.25, -0.2) is 0 Å². The third-order valence-corrected chi connectivity index (χ3v) is 5.18. The van der Waals surface area contributed by atoms with Crippen molar-refractivity contribution in [1.29, 1.82) is 0 Å². The summed E-state index contributed by atoms with van der Waals surface area (Å²) in [6.07, 6.45) is 2.63. The number of carbonyl (C=O) groups is 1. The van der Waals surface area contributed by atoms with Gasteiger partial charge in [0.05, 0.1) is 21.2 Å². The minimum atomic E-state index is -0.948. The maximum Gasteiger partial charge on any atom is 0.315 e. The molecule has 4 rings (SSSR count). The molecule has 4 aromatic rings. The first-order valence-corrected chi connectivity index (χ1v) is 9.96. The lowest BCUT2D eigenvalue weighted by atomic mass is 9.94. The van der Waals surface area contributed by atoms with Gasteiger partial charge in [0.2, 0.25) is 11.5 Å². The van der Waals surface area contributed by atoms with Crippen LogP contribution in [0, 0.1) is 20.2 Å². The largest absolute Gasteiger partial charge is 0.504 e. The number of rotatable bonds is 6. The number of nitrogens with zero attached hydrogens (tertiary/aromatic N) is 4. The summed E-state index contributed by atoms with van der Waals surface area (Å²) in [5.41, 5.74) is -1.93. The van der Waals surface area contributed by atoms with E-state index in [1.54, 1.807) is 0 Å². The minimum absolute atomic E-state index is 0.0377. The molecule has 0 fully saturated rings. The highest BCUT2D eigenvalue weighted by atomic mass is 16.6. The van der Waals surface area contributed by atoms with E-state index in [0.717, 1.165) is 24.3 Å². The second-order valence-corrected chi connectivity index (χ2v) is 7.37. The molecular weight excluding hydrogens is 476 g/mol. The highest BCUT2D eigenvalue weighted by Gasteiger charge is 2.26. The number of carbonyl (C=O) groups excluding carboxylic acids is 1. The summed E-state index contributed by atoms with van der Waals surface area (Å²) in [4.78, 5) is 42.6. The number of pyridine rings is 2. The highest BCUT2D eigenvalue weighted by molar-refractivity contribution is 6.15. The Morgan fingerprint density at radius 3 is 1.44 bits per heavy atom. The lowest BCUT2D eigenvalue weighted by Gasteiger charge is -2.12. The maximum atomic E-state index is 13.6. The van der Waals surface area contributed by atoms with Gasteiger partial charge >= 0.3 is 11.4 Å². The molecule has 2 heterocycles. The Labute approximate surface area is 200 Å². The number of aromatic hydroxyl groups is 4. The quantitative estimate of drug-likeness (QED) is 0.132. The van der Waals surface area contributed by atoms with E-state index in [9.17, 15) is 45.4 Å². The summed E-state index contributed by atoms with van der Waals surface area (Å²) in [6.45, 7) is 0. The average molecular weight is 490 g/mol. The molecule has 0 spiro atoms. The molecule has 13 nitrogen and oxygen atoms in total. The number of nitro groups is 2. The van der Waals surface area contributed by atoms with E-state index >= 15 is 0 Å². The van der Waals surface area contributed by atoms with E-state index in [-0.39, 0.29) is 33.6 Å². The van der Waals surface area contributed by atoms with Crippen LogP contribution in [-0.4, -0.2) is 46.0 Å². The van der Waals surface area contributed by atoms with Crippen LogP contribution >= 0.6 is 0 Å². The number of phenolic OH excluding ortho intramolecular Hbond substituents is 4. The van der Waals surface area contributed by atoms with Gasteiger partial charge in [0.25, 0.3) is 0 Å². The van der Waals surface area contributed by atoms with Gasteiger partial charge in [-0.3, -0.25) is 35.0 Å². The number of aromatic nitrogens is 2. The Kier molecular flexibility index (Phi) is 5.88. The molecule has 0 atom stereocenters. The fourth-order valence-corrected chi connectivity index (χ4v) is 3.54. The molecule has 36 heavy (non-hydrogen) atoms. The van der Waals surface area contributed by atoms with Crippen LogP contribution in [-0.2, 0) is 0 Å². The number of phenols is 4. The van der Waals surface area contributed by atoms with E-state index in [1.165, 1.54) is 36.7 Å². The normalized spacial score (nSPS) is 10.7. The summed E-state index contributed by atoms with van der Waals surface area (Å²) in [5, 5.41) is 62.1. The van der Waals surface area contributed by atoms with E-state index in [0.29, 0.717) is 0 Å². The smallest absolute Gasteiger partial charge is 0.315 e. The number of hydrogen-bond donors (Lipinski definition) is 4. The topological polar surface area (TPSA) is 210 Å². The number of ketones is 1. The van der Waals surface area contributed by atoms with E-state index in [2.05, 4.69) is 9.97 Å². The van der Waals surface area contributed by atoms with Crippen LogP contribution in [0.15, 0.2) is 60.9 Å². The molecule has 0 aliphatic heterocycles. The Hall–Kier alpha value is -5.59. The van der Waals surface area contributed by atoms with Crippen molar-refractivity contribution in [3.05, 3.63) is 92.3 Å².